The molecular formula is C24H27FN8O3. The molecular weight excluding hydrogens is 467 g/mol. The molecule has 4 rings (SSSR count). The number of amides is 2. The number of likely N-dealkylation sites (N-methyl/N-ethyl adjacent to an activating group) is 1. The number of benzene rings is 2. The fraction of sp³-hybridized carbons (Fsp3) is 0.250. The second kappa shape index (κ2) is 10.9. The summed E-state index contributed by atoms with van der Waals surface area (Å²) in [6.45, 7) is 3.07. The Morgan fingerprint density at radius 2 is 1.81 bits per heavy atom. The number of carbonyl (C=O) groups excluding carboxylic acids is 2. The maximum absolute atomic E-state index is 14.4. The van der Waals surface area contributed by atoms with E-state index in [2.05, 4.69) is 37.4 Å². The molecule has 2 heterocycles. The standard InChI is InChI=1S/C24H27FN8O3/c1-32-7-9-33(10-8-32)20-6-5-16(12-18(20)22(27)35)30-24-28-13-19(25)23(31-24)29-15-3-2-4-17(11-15)36-14-21(26)34/h2-6,11-13H,7-10,14H2,1H3,(H2,26,34)(H2,27,35)(H2,28,29,30,31). The Morgan fingerprint density at radius 3 is 2.53 bits per heavy atom. The van der Waals surface area contributed by atoms with Gasteiger partial charge in [-0.25, -0.2) is 9.37 Å². The Hall–Kier alpha value is -4.45. The van der Waals surface area contributed by atoms with Gasteiger partial charge in [0.2, 0.25) is 5.95 Å². The minimum absolute atomic E-state index is 0.0799. The number of piperazine rings is 1. The van der Waals surface area contributed by atoms with Crippen LogP contribution in [0.3, 0.4) is 0 Å². The SMILES string of the molecule is CN1CCN(c2ccc(Nc3ncc(F)c(Nc4cccc(OCC(N)=O)c4)n3)cc2C(N)=O)CC1. The molecule has 0 atom stereocenters. The summed E-state index contributed by atoms with van der Waals surface area (Å²) in [7, 11) is 2.06. The molecule has 1 saturated heterocycles. The summed E-state index contributed by atoms with van der Waals surface area (Å²) in [6, 6.07) is 11.8. The van der Waals surface area contributed by atoms with Gasteiger partial charge in [-0.3, -0.25) is 9.59 Å². The Morgan fingerprint density at radius 1 is 1.06 bits per heavy atom. The van der Waals surface area contributed by atoms with Crippen LogP contribution < -0.4 is 31.7 Å². The number of anilines is 5. The maximum atomic E-state index is 14.4. The minimum atomic E-state index is -0.674. The number of hydrogen-bond donors (Lipinski definition) is 4. The average molecular weight is 495 g/mol. The quantitative estimate of drug-likeness (QED) is 0.349. The summed E-state index contributed by atoms with van der Waals surface area (Å²) >= 11 is 0. The Bertz CT molecular complexity index is 1260. The Labute approximate surface area is 207 Å². The Balaban J connectivity index is 1.51. The van der Waals surface area contributed by atoms with Crippen molar-refractivity contribution in [3.05, 3.63) is 60.0 Å². The summed E-state index contributed by atoms with van der Waals surface area (Å²) in [5.41, 5.74) is 12.9. The van der Waals surface area contributed by atoms with Gasteiger partial charge in [-0.1, -0.05) is 6.07 Å². The van der Waals surface area contributed by atoms with Crippen molar-refractivity contribution in [2.75, 3.05) is 55.4 Å². The number of nitrogens with one attached hydrogen (secondary N) is 2. The van der Waals surface area contributed by atoms with Gasteiger partial charge in [0.15, 0.2) is 18.2 Å². The largest absolute Gasteiger partial charge is 0.484 e. The molecule has 0 aliphatic carbocycles. The lowest BCUT2D eigenvalue weighted by atomic mass is 10.1. The van der Waals surface area contributed by atoms with Crippen molar-refractivity contribution in [3.8, 4) is 5.75 Å². The van der Waals surface area contributed by atoms with Gasteiger partial charge in [0, 0.05) is 49.3 Å². The summed E-state index contributed by atoms with van der Waals surface area (Å²) in [6.07, 6.45) is 1.03. The monoisotopic (exact) mass is 494 g/mol. The lowest BCUT2D eigenvalue weighted by Gasteiger charge is -2.35. The van der Waals surface area contributed by atoms with E-state index in [1.54, 1.807) is 36.4 Å². The number of hydrogen-bond acceptors (Lipinski definition) is 9. The molecule has 188 valence electrons. The lowest BCUT2D eigenvalue weighted by molar-refractivity contribution is -0.119. The highest BCUT2D eigenvalue weighted by Gasteiger charge is 2.20. The van der Waals surface area contributed by atoms with Gasteiger partial charge in [0.25, 0.3) is 11.8 Å². The molecule has 3 aromatic rings. The second-order valence-electron chi connectivity index (χ2n) is 8.31. The number of ether oxygens (including phenoxy) is 1. The van der Waals surface area contributed by atoms with Crippen molar-refractivity contribution in [2.45, 2.75) is 0 Å². The van der Waals surface area contributed by atoms with Crippen LogP contribution in [0.2, 0.25) is 0 Å². The van der Waals surface area contributed by atoms with Crippen molar-refractivity contribution in [2.24, 2.45) is 11.5 Å². The molecule has 0 radical (unpaired) electrons. The van der Waals surface area contributed by atoms with Crippen molar-refractivity contribution < 1.29 is 18.7 Å². The van der Waals surface area contributed by atoms with E-state index in [0.717, 1.165) is 38.1 Å². The molecule has 0 unspecified atom stereocenters. The molecule has 0 bridgehead atoms. The molecule has 2 amide bonds. The number of halogens is 1. The zero-order valence-electron chi connectivity index (χ0n) is 19.7. The van der Waals surface area contributed by atoms with Gasteiger partial charge in [-0.2, -0.15) is 4.98 Å². The number of rotatable bonds is 9. The van der Waals surface area contributed by atoms with Gasteiger partial charge in [-0.05, 0) is 37.4 Å². The number of nitrogens with zero attached hydrogens (tertiary/aromatic N) is 4. The van der Waals surface area contributed by atoms with E-state index in [4.69, 9.17) is 16.2 Å². The van der Waals surface area contributed by atoms with Crippen LogP contribution in [0, 0.1) is 5.82 Å². The fourth-order valence-electron chi connectivity index (χ4n) is 3.73. The summed E-state index contributed by atoms with van der Waals surface area (Å²) in [4.78, 5) is 35.7. The smallest absolute Gasteiger partial charge is 0.255 e. The molecule has 1 aromatic heterocycles. The molecule has 0 spiro atoms. The van der Waals surface area contributed by atoms with Gasteiger partial charge in [0.05, 0.1) is 11.8 Å². The van der Waals surface area contributed by atoms with Gasteiger partial charge >= 0.3 is 0 Å². The van der Waals surface area contributed by atoms with Crippen molar-refractivity contribution in [3.63, 3.8) is 0 Å². The lowest BCUT2D eigenvalue weighted by Crippen LogP contribution is -2.45. The van der Waals surface area contributed by atoms with E-state index in [1.807, 2.05) is 6.07 Å². The second-order valence-corrected chi connectivity index (χ2v) is 8.31. The summed E-state index contributed by atoms with van der Waals surface area (Å²) in [5, 5.41) is 5.86. The van der Waals surface area contributed by atoms with Crippen LogP contribution in [0.15, 0.2) is 48.7 Å². The van der Waals surface area contributed by atoms with E-state index in [1.165, 1.54) is 0 Å². The summed E-state index contributed by atoms with van der Waals surface area (Å²) < 4.78 is 19.7. The van der Waals surface area contributed by atoms with Crippen LogP contribution >= 0.6 is 0 Å². The predicted octanol–water partition coefficient (Wildman–Crippen LogP) is 1.82. The number of nitrogens with two attached hydrogens (primary N) is 2. The third-order valence-corrected chi connectivity index (χ3v) is 5.58. The molecule has 6 N–H and O–H groups in total. The molecule has 0 saturated carbocycles. The zero-order valence-corrected chi connectivity index (χ0v) is 19.7. The fourth-order valence-corrected chi connectivity index (χ4v) is 3.73. The van der Waals surface area contributed by atoms with Crippen molar-refractivity contribution in [1.82, 2.24) is 14.9 Å². The van der Waals surface area contributed by atoms with Gasteiger partial charge in [0.1, 0.15) is 5.75 Å². The van der Waals surface area contributed by atoms with E-state index < -0.39 is 17.6 Å². The first kappa shape index (κ1) is 24.7. The first-order valence-electron chi connectivity index (χ1n) is 11.2. The molecule has 1 fully saturated rings. The third-order valence-electron chi connectivity index (χ3n) is 5.58. The van der Waals surface area contributed by atoms with Crippen LogP contribution in [-0.2, 0) is 4.79 Å². The van der Waals surface area contributed by atoms with E-state index in [0.29, 0.717) is 22.7 Å². The highest BCUT2D eigenvalue weighted by atomic mass is 19.1. The van der Waals surface area contributed by atoms with Crippen LogP contribution in [-0.4, -0.2) is 66.5 Å². The average Bonchev–Trinajstić information content (AvgIpc) is 2.85. The van der Waals surface area contributed by atoms with Crippen LogP contribution in [0.25, 0.3) is 0 Å². The molecule has 36 heavy (non-hydrogen) atoms. The third kappa shape index (κ3) is 6.16. The van der Waals surface area contributed by atoms with Gasteiger partial charge < -0.3 is 36.6 Å². The number of carbonyl (C=O) groups is 2. The topological polar surface area (TPSA) is 152 Å². The number of aromatic nitrogens is 2. The van der Waals surface area contributed by atoms with Gasteiger partial charge in [-0.15, -0.1) is 0 Å². The molecule has 1 aliphatic rings. The Kier molecular flexibility index (Phi) is 7.44. The molecule has 2 aromatic carbocycles. The highest BCUT2D eigenvalue weighted by molar-refractivity contribution is 6.00. The minimum Gasteiger partial charge on any atom is -0.484 e. The van der Waals surface area contributed by atoms with Crippen LogP contribution in [0.5, 0.6) is 5.75 Å². The van der Waals surface area contributed by atoms with Crippen molar-refractivity contribution >= 4 is 40.6 Å². The van der Waals surface area contributed by atoms with E-state index in [9.17, 15) is 14.0 Å². The molecule has 1 aliphatic heterocycles. The molecule has 12 heteroatoms. The van der Waals surface area contributed by atoms with Crippen LogP contribution in [0.4, 0.5) is 33.2 Å². The first-order valence-corrected chi connectivity index (χ1v) is 11.2. The predicted molar refractivity (Wildman–Crippen MR) is 134 cm³/mol. The summed E-state index contributed by atoms with van der Waals surface area (Å²) in [5.74, 6) is -1.42. The van der Waals surface area contributed by atoms with Crippen molar-refractivity contribution in [1.29, 1.82) is 0 Å². The van der Waals surface area contributed by atoms with E-state index in [-0.39, 0.29) is 18.4 Å². The number of primary amides is 2. The molecule has 11 nitrogen and oxygen atoms in total. The maximum Gasteiger partial charge on any atom is 0.255 e. The first-order chi connectivity index (χ1) is 17.3. The normalized spacial score (nSPS) is 13.8. The zero-order chi connectivity index (χ0) is 25.7. The van der Waals surface area contributed by atoms with Crippen LogP contribution in [0.1, 0.15) is 10.4 Å². The van der Waals surface area contributed by atoms with E-state index >= 15 is 0 Å². The highest BCUT2D eigenvalue weighted by Crippen LogP contribution is 2.27.